The minimum atomic E-state index is -0.0318. The number of aromatic nitrogens is 2. The number of hydrogen-bond donors (Lipinski definition) is 2. The molecule has 0 aliphatic carbocycles. The largest absolute Gasteiger partial charge is 0.395 e. The van der Waals surface area contributed by atoms with Gasteiger partial charge in [-0.15, -0.1) is 0 Å². The fourth-order valence-corrected chi connectivity index (χ4v) is 2.82. The number of rotatable bonds is 7. The maximum Gasteiger partial charge on any atom is 0.227 e. The SMILES string of the molecule is O=C(Cc1c[nH]c2ncccc12)N(CCO)CCc1ccccc1. The first-order valence-electron chi connectivity index (χ1n) is 8.11. The van der Waals surface area contributed by atoms with E-state index in [1.165, 1.54) is 5.56 Å². The predicted molar refractivity (Wildman–Crippen MR) is 93.6 cm³/mol. The molecule has 0 aliphatic rings. The minimum Gasteiger partial charge on any atom is -0.395 e. The summed E-state index contributed by atoms with van der Waals surface area (Å²) < 4.78 is 0. The second kappa shape index (κ2) is 7.75. The summed E-state index contributed by atoms with van der Waals surface area (Å²) in [5.41, 5.74) is 2.91. The van der Waals surface area contributed by atoms with Gasteiger partial charge >= 0.3 is 0 Å². The fraction of sp³-hybridized carbons (Fsp3) is 0.263. The molecule has 2 heterocycles. The molecule has 124 valence electrons. The molecule has 24 heavy (non-hydrogen) atoms. The van der Waals surface area contributed by atoms with E-state index in [-0.39, 0.29) is 12.5 Å². The molecule has 5 nitrogen and oxygen atoms in total. The number of aliphatic hydroxyl groups is 1. The highest BCUT2D eigenvalue weighted by Gasteiger charge is 2.16. The van der Waals surface area contributed by atoms with Gasteiger partial charge in [0.05, 0.1) is 13.0 Å². The van der Waals surface area contributed by atoms with Crippen LogP contribution >= 0.6 is 0 Å². The Morgan fingerprint density at radius 2 is 1.96 bits per heavy atom. The molecule has 0 radical (unpaired) electrons. The summed E-state index contributed by atoms with van der Waals surface area (Å²) >= 11 is 0. The molecule has 0 unspecified atom stereocenters. The average Bonchev–Trinajstić information content (AvgIpc) is 3.02. The second-order valence-electron chi connectivity index (χ2n) is 5.73. The summed E-state index contributed by atoms with van der Waals surface area (Å²) in [7, 11) is 0. The van der Waals surface area contributed by atoms with Crippen LogP contribution in [0.4, 0.5) is 0 Å². The van der Waals surface area contributed by atoms with Gasteiger partial charge in [0.2, 0.25) is 5.91 Å². The maximum absolute atomic E-state index is 12.6. The number of nitrogens with one attached hydrogen (secondary N) is 1. The van der Waals surface area contributed by atoms with Crippen LogP contribution in [-0.4, -0.2) is 45.6 Å². The minimum absolute atomic E-state index is 0.0183. The third-order valence-corrected chi connectivity index (χ3v) is 4.11. The van der Waals surface area contributed by atoms with E-state index in [4.69, 9.17) is 0 Å². The highest BCUT2D eigenvalue weighted by molar-refractivity contribution is 5.87. The van der Waals surface area contributed by atoms with Crippen LogP contribution in [0.3, 0.4) is 0 Å². The lowest BCUT2D eigenvalue weighted by molar-refractivity contribution is -0.130. The molecular weight excluding hydrogens is 302 g/mol. The van der Waals surface area contributed by atoms with E-state index < -0.39 is 0 Å². The smallest absolute Gasteiger partial charge is 0.227 e. The van der Waals surface area contributed by atoms with Crippen molar-refractivity contribution in [3.8, 4) is 0 Å². The topological polar surface area (TPSA) is 69.2 Å². The van der Waals surface area contributed by atoms with Crippen LogP contribution in [0.5, 0.6) is 0 Å². The molecule has 0 saturated heterocycles. The molecule has 0 fully saturated rings. The van der Waals surface area contributed by atoms with Gasteiger partial charge in [0.15, 0.2) is 0 Å². The van der Waals surface area contributed by atoms with Gasteiger partial charge in [-0.25, -0.2) is 4.98 Å². The number of aromatic amines is 1. The van der Waals surface area contributed by atoms with Crippen molar-refractivity contribution in [2.75, 3.05) is 19.7 Å². The molecule has 3 aromatic rings. The first-order valence-corrected chi connectivity index (χ1v) is 8.11. The summed E-state index contributed by atoms with van der Waals surface area (Å²) in [5.74, 6) is 0.0183. The summed E-state index contributed by atoms with van der Waals surface area (Å²) in [5, 5.41) is 10.2. The van der Waals surface area contributed by atoms with Gasteiger partial charge in [-0.2, -0.15) is 0 Å². The first-order chi connectivity index (χ1) is 11.8. The molecule has 2 aromatic heterocycles. The number of H-pyrrole nitrogens is 1. The van der Waals surface area contributed by atoms with Crippen molar-refractivity contribution in [1.82, 2.24) is 14.9 Å². The van der Waals surface area contributed by atoms with Crippen LogP contribution in [-0.2, 0) is 17.6 Å². The number of amides is 1. The third kappa shape index (κ3) is 3.81. The van der Waals surface area contributed by atoms with Gasteiger partial charge in [0.25, 0.3) is 0 Å². The molecule has 0 saturated carbocycles. The lowest BCUT2D eigenvalue weighted by Crippen LogP contribution is -2.36. The highest BCUT2D eigenvalue weighted by atomic mass is 16.3. The third-order valence-electron chi connectivity index (χ3n) is 4.11. The molecule has 3 rings (SSSR count). The summed E-state index contributed by atoms with van der Waals surface area (Å²) in [6, 6.07) is 13.9. The van der Waals surface area contributed by atoms with E-state index in [1.807, 2.05) is 48.7 Å². The monoisotopic (exact) mass is 323 g/mol. The molecule has 1 aromatic carbocycles. The number of aliphatic hydroxyl groups excluding tert-OH is 1. The Balaban J connectivity index is 1.67. The van der Waals surface area contributed by atoms with Gasteiger partial charge in [-0.1, -0.05) is 30.3 Å². The second-order valence-corrected chi connectivity index (χ2v) is 5.73. The van der Waals surface area contributed by atoms with E-state index in [0.717, 1.165) is 23.0 Å². The average molecular weight is 323 g/mol. The van der Waals surface area contributed by atoms with E-state index in [0.29, 0.717) is 19.5 Å². The van der Waals surface area contributed by atoms with Crippen molar-refractivity contribution in [1.29, 1.82) is 0 Å². The summed E-state index contributed by atoms with van der Waals surface area (Å²) in [6.45, 7) is 0.923. The van der Waals surface area contributed by atoms with Crippen LogP contribution in [0.2, 0.25) is 0 Å². The van der Waals surface area contributed by atoms with E-state index in [1.54, 1.807) is 11.1 Å². The standard InChI is InChI=1S/C19H21N3O2/c23-12-11-22(10-8-15-5-2-1-3-6-15)18(24)13-16-14-21-19-17(16)7-4-9-20-19/h1-7,9,14,23H,8,10-13H2,(H,20,21). The first kappa shape index (κ1) is 16.2. The van der Waals surface area contributed by atoms with Crippen LogP contribution in [0.1, 0.15) is 11.1 Å². The van der Waals surface area contributed by atoms with Crippen molar-refractivity contribution >= 4 is 16.9 Å². The quantitative estimate of drug-likeness (QED) is 0.700. The molecule has 0 atom stereocenters. The molecule has 1 amide bonds. The van der Waals surface area contributed by atoms with E-state index in [9.17, 15) is 9.90 Å². The summed E-state index contributed by atoms with van der Waals surface area (Å²) in [6.07, 6.45) is 4.65. The van der Waals surface area contributed by atoms with Crippen LogP contribution in [0.15, 0.2) is 54.9 Å². The Labute approximate surface area is 141 Å². The van der Waals surface area contributed by atoms with E-state index >= 15 is 0 Å². The highest BCUT2D eigenvalue weighted by Crippen LogP contribution is 2.17. The van der Waals surface area contributed by atoms with Crippen molar-refractivity contribution in [3.63, 3.8) is 0 Å². The maximum atomic E-state index is 12.6. The van der Waals surface area contributed by atoms with Gasteiger partial charge in [-0.05, 0) is 29.7 Å². The molecule has 5 heteroatoms. The summed E-state index contributed by atoms with van der Waals surface area (Å²) in [4.78, 5) is 21.7. The van der Waals surface area contributed by atoms with Gasteiger partial charge in [-0.3, -0.25) is 4.79 Å². The van der Waals surface area contributed by atoms with E-state index in [2.05, 4.69) is 9.97 Å². The fourth-order valence-electron chi connectivity index (χ4n) is 2.82. The Morgan fingerprint density at radius 1 is 1.12 bits per heavy atom. The molecule has 0 spiro atoms. The molecule has 0 bridgehead atoms. The predicted octanol–water partition coefficient (Wildman–Crippen LogP) is 2.17. The lowest BCUT2D eigenvalue weighted by Gasteiger charge is -2.21. The van der Waals surface area contributed by atoms with Crippen molar-refractivity contribution in [2.45, 2.75) is 12.8 Å². The number of nitrogens with zero attached hydrogens (tertiary/aromatic N) is 2. The molecule has 2 N–H and O–H groups in total. The van der Waals surface area contributed by atoms with Crippen LogP contribution in [0, 0.1) is 0 Å². The number of benzene rings is 1. The number of carbonyl (C=O) groups is 1. The zero-order valence-electron chi connectivity index (χ0n) is 13.5. The molecular formula is C19H21N3O2. The molecule has 0 aliphatic heterocycles. The number of carbonyl (C=O) groups excluding carboxylic acids is 1. The lowest BCUT2D eigenvalue weighted by atomic mass is 10.1. The Bertz CT molecular complexity index is 798. The number of fused-ring (bicyclic) bond motifs is 1. The number of hydrogen-bond acceptors (Lipinski definition) is 3. The van der Waals surface area contributed by atoms with Gasteiger partial charge in [0.1, 0.15) is 5.65 Å². The van der Waals surface area contributed by atoms with Crippen LogP contribution in [0.25, 0.3) is 11.0 Å². The zero-order chi connectivity index (χ0) is 16.8. The normalized spacial score (nSPS) is 10.9. The zero-order valence-corrected chi connectivity index (χ0v) is 13.5. The Morgan fingerprint density at radius 3 is 2.75 bits per heavy atom. The van der Waals surface area contributed by atoms with Crippen molar-refractivity contribution < 1.29 is 9.90 Å². The van der Waals surface area contributed by atoms with Crippen LogP contribution < -0.4 is 0 Å². The van der Waals surface area contributed by atoms with Gasteiger partial charge in [0, 0.05) is 30.9 Å². The van der Waals surface area contributed by atoms with Crippen molar-refractivity contribution in [3.05, 3.63) is 66.0 Å². The Kier molecular flexibility index (Phi) is 5.23. The number of pyridine rings is 1. The van der Waals surface area contributed by atoms with Crippen molar-refractivity contribution in [2.24, 2.45) is 0 Å². The van der Waals surface area contributed by atoms with Gasteiger partial charge < -0.3 is 15.0 Å². The Hall–Kier alpha value is -2.66.